The summed E-state index contributed by atoms with van der Waals surface area (Å²) in [5, 5.41) is 4.50. The van der Waals surface area contributed by atoms with E-state index in [0.29, 0.717) is 24.5 Å². The highest BCUT2D eigenvalue weighted by Gasteiger charge is 2.38. The van der Waals surface area contributed by atoms with Crippen molar-refractivity contribution in [2.75, 3.05) is 46.4 Å². The number of hydrogen-bond donors (Lipinski definition) is 1. The molecule has 1 aromatic carbocycles. The molecule has 1 N–H and O–H groups in total. The van der Waals surface area contributed by atoms with E-state index < -0.39 is 0 Å². The minimum absolute atomic E-state index is 0.0962. The predicted octanol–water partition coefficient (Wildman–Crippen LogP) is 4.11. The second-order valence-corrected chi connectivity index (χ2v) is 11.6. The number of likely N-dealkylation sites (N-methyl/N-ethyl adjacent to an activating group) is 1. The number of benzene rings is 1. The van der Waals surface area contributed by atoms with Crippen molar-refractivity contribution < 1.29 is 14.3 Å². The molecule has 3 amide bonds. The Morgan fingerprint density at radius 3 is 2.28 bits per heavy atom. The summed E-state index contributed by atoms with van der Waals surface area (Å²) in [6.45, 7) is 4.64. The quantitative estimate of drug-likeness (QED) is 0.639. The highest BCUT2D eigenvalue weighted by molar-refractivity contribution is 6.30. The van der Waals surface area contributed by atoms with Gasteiger partial charge in [0.25, 0.3) is 0 Å². The molecule has 0 bridgehead atoms. The van der Waals surface area contributed by atoms with Crippen molar-refractivity contribution in [3.05, 3.63) is 34.9 Å². The van der Waals surface area contributed by atoms with Gasteiger partial charge >= 0.3 is 6.03 Å². The third kappa shape index (κ3) is 6.00. The third-order valence-corrected chi connectivity index (χ3v) is 9.15. The predicted molar refractivity (Wildman–Crippen MR) is 141 cm³/mol. The molecule has 3 aliphatic heterocycles. The maximum atomic E-state index is 13.3. The normalized spacial score (nSPS) is 29.5. The van der Waals surface area contributed by atoms with Gasteiger partial charge in [0.05, 0.1) is 6.04 Å². The molecular weight excluding hydrogens is 476 g/mol. The lowest BCUT2D eigenvalue weighted by Crippen LogP contribution is -2.47. The number of amides is 3. The summed E-state index contributed by atoms with van der Waals surface area (Å²) in [5.41, 5.74) is 1.33. The first-order chi connectivity index (χ1) is 17.5. The molecule has 0 aromatic heterocycles. The minimum Gasteiger partial charge on any atom is -0.381 e. The molecule has 0 spiro atoms. The van der Waals surface area contributed by atoms with E-state index in [4.69, 9.17) is 16.3 Å². The number of rotatable bonds is 5. The van der Waals surface area contributed by atoms with Crippen molar-refractivity contribution in [1.29, 1.82) is 0 Å². The van der Waals surface area contributed by atoms with Gasteiger partial charge in [0.2, 0.25) is 5.91 Å². The standard InChI is InChI=1S/C28H41ClN4O3/c1-31(27(34)22-4-2-20(3-5-22)21-6-8-23(29)9-7-21)26-11-15-33(19-26)28(35)32-14-10-25(18-32)30-24-12-16-36-17-13-24/h6-9,20,22,24-26,30H,2-5,10-19H2,1H3/t20?,22?,25-,26+/m1/s1. The van der Waals surface area contributed by atoms with E-state index in [2.05, 4.69) is 17.4 Å². The summed E-state index contributed by atoms with van der Waals surface area (Å²) in [7, 11) is 1.94. The fourth-order valence-electron chi connectivity index (χ4n) is 6.58. The second kappa shape index (κ2) is 11.7. The monoisotopic (exact) mass is 516 g/mol. The molecule has 4 fully saturated rings. The summed E-state index contributed by atoms with van der Waals surface area (Å²) in [6, 6.07) is 9.30. The lowest BCUT2D eigenvalue weighted by molar-refractivity contribution is -0.137. The van der Waals surface area contributed by atoms with Crippen LogP contribution in [0.25, 0.3) is 0 Å². The third-order valence-electron chi connectivity index (χ3n) is 8.90. The minimum atomic E-state index is 0.0962. The van der Waals surface area contributed by atoms with Crippen molar-refractivity contribution in [1.82, 2.24) is 20.0 Å². The van der Waals surface area contributed by atoms with E-state index in [9.17, 15) is 9.59 Å². The molecule has 5 rings (SSSR count). The van der Waals surface area contributed by atoms with Gasteiger partial charge < -0.3 is 24.8 Å². The lowest BCUT2D eigenvalue weighted by Gasteiger charge is -2.33. The highest BCUT2D eigenvalue weighted by atomic mass is 35.5. The number of carbonyl (C=O) groups is 2. The Bertz CT molecular complexity index is 899. The van der Waals surface area contributed by atoms with Crippen LogP contribution in [0.5, 0.6) is 0 Å². The molecule has 198 valence electrons. The van der Waals surface area contributed by atoms with Crippen LogP contribution in [0.3, 0.4) is 0 Å². The first kappa shape index (κ1) is 25.8. The molecule has 3 heterocycles. The van der Waals surface area contributed by atoms with Gasteiger partial charge in [-0.15, -0.1) is 0 Å². The molecule has 8 heteroatoms. The van der Waals surface area contributed by atoms with Crippen molar-refractivity contribution in [2.24, 2.45) is 5.92 Å². The van der Waals surface area contributed by atoms with Crippen LogP contribution in [-0.4, -0.2) is 91.2 Å². The van der Waals surface area contributed by atoms with Gasteiger partial charge in [-0.05, 0) is 75.0 Å². The maximum absolute atomic E-state index is 13.3. The first-order valence-electron chi connectivity index (χ1n) is 13.9. The van der Waals surface area contributed by atoms with Crippen LogP contribution in [0.1, 0.15) is 62.8 Å². The van der Waals surface area contributed by atoms with E-state index in [0.717, 1.165) is 89.2 Å². The lowest BCUT2D eigenvalue weighted by atomic mass is 9.78. The molecular formula is C28H41ClN4O3. The Morgan fingerprint density at radius 2 is 1.56 bits per heavy atom. The molecule has 1 saturated carbocycles. The summed E-state index contributed by atoms with van der Waals surface area (Å²) < 4.78 is 5.46. The van der Waals surface area contributed by atoms with Gasteiger partial charge in [0.1, 0.15) is 0 Å². The Morgan fingerprint density at radius 1 is 0.889 bits per heavy atom. The number of nitrogens with one attached hydrogen (secondary N) is 1. The highest BCUT2D eigenvalue weighted by Crippen LogP contribution is 2.37. The molecule has 1 aliphatic carbocycles. The average Bonchev–Trinajstić information content (AvgIpc) is 3.59. The van der Waals surface area contributed by atoms with E-state index in [-0.39, 0.29) is 23.9 Å². The molecule has 3 saturated heterocycles. The molecule has 0 unspecified atom stereocenters. The van der Waals surface area contributed by atoms with E-state index in [1.807, 2.05) is 33.9 Å². The topological polar surface area (TPSA) is 65.1 Å². The summed E-state index contributed by atoms with van der Waals surface area (Å²) in [4.78, 5) is 32.4. The van der Waals surface area contributed by atoms with Crippen LogP contribution < -0.4 is 5.32 Å². The fraction of sp³-hybridized carbons (Fsp3) is 0.714. The van der Waals surface area contributed by atoms with Crippen LogP contribution in [0.15, 0.2) is 24.3 Å². The van der Waals surface area contributed by atoms with E-state index in [1.165, 1.54) is 5.56 Å². The van der Waals surface area contributed by atoms with Gasteiger partial charge in [-0.25, -0.2) is 4.79 Å². The van der Waals surface area contributed by atoms with Gasteiger partial charge in [-0.3, -0.25) is 4.79 Å². The summed E-state index contributed by atoms with van der Waals surface area (Å²) in [5.74, 6) is 0.867. The molecule has 0 radical (unpaired) electrons. The second-order valence-electron chi connectivity index (χ2n) is 11.2. The number of hydrogen-bond acceptors (Lipinski definition) is 4. The van der Waals surface area contributed by atoms with Gasteiger partial charge in [0, 0.05) is 69.5 Å². The Kier molecular flexibility index (Phi) is 8.39. The molecule has 1 aromatic rings. The van der Waals surface area contributed by atoms with Gasteiger partial charge in [0.15, 0.2) is 0 Å². The fourth-order valence-corrected chi connectivity index (χ4v) is 6.70. The van der Waals surface area contributed by atoms with Crippen LogP contribution in [-0.2, 0) is 9.53 Å². The maximum Gasteiger partial charge on any atom is 0.320 e. The van der Waals surface area contributed by atoms with Gasteiger partial charge in [-0.1, -0.05) is 23.7 Å². The SMILES string of the molecule is CN(C(=O)C1CCC(c2ccc(Cl)cc2)CC1)[C@H]1CCN(C(=O)N2CC[C@@H](NC3CCOCC3)C2)C1. The van der Waals surface area contributed by atoms with E-state index in [1.54, 1.807) is 0 Å². The smallest absolute Gasteiger partial charge is 0.320 e. The van der Waals surface area contributed by atoms with Crippen molar-refractivity contribution >= 4 is 23.5 Å². The van der Waals surface area contributed by atoms with Crippen molar-refractivity contribution in [3.8, 4) is 0 Å². The molecule has 36 heavy (non-hydrogen) atoms. The average molecular weight is 517 g/mol. The molecule has 2 atom stereocenters. The summed E-state index contributed by atoms with van der Waals surface area (Å²) in [6.07, 6.45) is 7.94. The largest absolute Gasteiger partial charge is 0.381 e. The number of urea groups is 1. The number of halogens is 1. The Balaban J connectivity index is 1.06. The number of ether oxygens (including phenoxy) is 1. The zero-order valence-corrected chi connectivity index (χ0v) is 22.3. The Labute approximate surface area is 220 Å². The zero-order valence-electron chi connectivity index (χ0n) is 21.5. The molecule has 7 nitrogen and oxygen atoms in total. The van der Waals surface area contributed by atoms with Gasteiger partial charge in [-0.2, -0.15) is 0 Å². The van der Waals surface area contributed by atoms with Crippen LogP contribution in [0, 0.1) is 5.92 Å². The zero-order chi connectivity index (χ0) is 25.1. The first-order valence-corrected chi connectivity index (χ1v) is 14.3. The number of carbonyl (C=O) groups excluding carboxylic acids is 2. The van der Waals surface area contributed by atoms with Crippen LogP contribution in [0.2, 0.25) is 5.02 Å². The summed E-state index contributed by atoms with van der Waals surface area (Å²) >= 11 is 6.04. The molecule has 4 aliphatic rings. The van der Waals surface area contributed by atoms with Crippen molar-refractivity contribution in [2.45, 2.75) is 75.4 Å². The van der Waals surface area contributed by atoms with Crippen LogP contribution in [0.4, 0.5) is 4.79 Å². The number of nitrogens with zero attached hydrogens (tertiary/aromatic N) is 3. The number of likely N-dealkylation sites (tertiary alicyclic amines) is 2. The van der Waals surface area contributed by atoms with Crippen LogP contribution >= 0.6 is 11.6 Å². The van der Waals surface area contributed by atoms with E-state index >= 15 is 0 Å². The Hall–Kier alpha value is -1.83. The van der Waals surface area contributed by atoms with Crippen molar-refractivity contribution in [3.63, 3.8) is 0 Å².